The van der Waals surface area contributed by atoms with Crippen LogP contribution in [0.2, 0.25) is 0 Å². The maximum Gasteiger partial charge on any atom is 0.220 e. The molecule has 0 aliphatic rings. The quantitative estimate of drug-likeness (QED) is 0.0421. The smallest absolute Gasteiger partial charge is 0.220 e. The minimum absolute atomic E-state index is 0.0400. The lowest BCUT2D eigenvalue weighted by molar-refractivity contribution is -0.123. The lowest BCUT2D eigenvalue weighted by Crippen LogP contribution is -2.45. The van der Waals surface area contributed by atoms with Crippen LogP contribution in [0.4, 0.5) is 0 Å². The second-order valence-electron chi connectivity index (χ2n) is 19.7. The number of unbranched alkanes of at least 4 members (excludes halogenated alkanes) is 40. The number of carbonyl (C=O) groups excluding carboxylic acids is 1. The Morgan fingerprint density at radius 1 is 0.381 bits per heavy atom. The number of carbonyl (C=O) groups is 1. The minimum atomic E-state index is -0.667. The molecule has 0 radical (unpaired) electrons. The fraction of sp³-hybridized carbons (Fsp3) is 0.881. The molecule has 3 N–H and O–H groups in total. The normalized spacial score (nSPS) is 13.0. The Kier molecular flexibility index (Phi) is 53.7. The van der Waals surface area contributed by atoms with Gasteiger partial charge in [-0.1, -0.05) is 294 Å². The standard InChI is InChI=1S/C59H113NO3/c1-3-5-7-9-11-13-15-17-19-21-23-25-26-27-28-29-30-31-32-33-35-36-38-40-42-44-46-48-50-52-54-58(62)57(56-61)60-59(63)55-53-51-49-47-45-43-41-39-37-34-24-22-20-18-16-14-12-10-8-6-4-2/h16,18,22,24,37,39,57-58,61-62H,3-15,17,19-21,23,25-36,38,40-56H2,1-2H3,(H,60,63)/b18-16-,24-22-,39-37-. The highest BCUT2D eigenvalue weighted by atomic mass is 16.3. The Balaban J connectivity index is 3.45. The van der Waals surface area contributed by atoms with Crippen molar-refractivity contribution in [3.8, 4) is 0 Å². The zero-order chi connectivity index (χ0) is 45.6. The van der Waals surface area contributed by atoms with Crippen LogP contribution in [0.1, 0.15) is 316 Å². The van der Waals surface area contributed by atoms with Gasteiger partial charge in [0.2, 0.25) is 5.91 Å². The van der Waals surface area contributed by atoms with E-state index in [1.54, 1.807) is 0 Å². The molecule has 0 heterocycles. The first kappa shape index (κ1) is 61.6. The lowest BCUT2D eigenvalue weighted by atomic mass is 10.0. The zero-order valence-corrected chi connectivity index (χ0v) is 42.9. The van der Waals surface area contributed by atoms with Crippen LogP contribution < -0.4 is 5.32 Å². The van der Waals surface area contributed by atoms with Gasteiger partial charge >= 0.3 is 0 Å². The molecule has 0 bridgehead atoms. The lowest BCUT2D eigenvalue weighted by Gasteiger charge is -2.22. The molecule has 0 fully saturated rings. The number of amides is 1. The van der Waals surface area contributed by atoms with Crippen LogP contribution in [0.5, 0.6) is 0 Å². The molecule has 4 heteroatoms. The van der Waals surface area contributed by atoms with Gasteiger partial charge < -0.3 is 15.5 Å². The van der Waals surface area contributed by atoms with E-state index >= 15 is 0 Å². The fourth-order valence-corrected chi connectivity index (χ4v) is 9.02. The molecule has 0 saturated heterocycles. The maximum atomic E-state index is 12.5. The molecule has 0 aromatic rings. The van der Waals surface area contributed by atoms with Crippen LogP contribution in [0.25, 0.3) is 0 Å². The van der Waals surface area contributed by atoms with Crippen LogP contribution >= 0.6 is 0 Å². The van der Waals surface area contributed by atoms with Gasteiger partial charge in [0, 0.05) is 6.42 Å². The molecule has 63 heavy (non-hydrogen) atoms. The molecule has 0 saturated carbocycles. The van der Waals surface area contributed by atoms with Crippen LogP contribution in [-0.4, -0.2) is 34.9 Å². The van der Waals surface area contributed by atoms with Crippen molar-refractivity contribution in [2.24, 2.45) is 0 Å². The monoisotopic (exact) mass is 884 g/mol. The van der Waals surface area contributed by atoms with Crippen molar-refractivity contribution in [1.82, 2.24) is 5.32 Å². The van der Waals surface area contributed by atoms with Gasteiger partial charge in [-0.3, -0.25) is 4.79 Å². The largest absolute Gasteiger partial charge is 0.394 e. The van der Waals surface area contributed by atoms with Gasteiger partial charge in [-0.25, -0.2) is 0 Å². The summed E-state index contributed by atoms with van der Waals surface area (Å²) in [7, 11) is 0. The van der Waals surface area contributed by atoms with E-state index in [1.165, 1.54) is 238 Å². The minimum Gasteiger partial charge on any atom is -0.394 e. The van der Waals surface area contributed by atoms with Crippen molar-refractivity contribution in [3.05, 3.63) is 36.5 Å². The fourth-order valence-electron chi connectivity index (χ4n) is 9.02. The molecule has 2 atom stereocenters. The number of allylic oxidation sites excluding steroid dienone is 6. The topological polar surface area (TPSA) is 69.6 Å². The van der Waals surface area contributed by atoms with Crippen LogP contribution in [0.15, 0.2) is 36.5 Å². The molecule has 0 aromatic carbocycles. The van der Waals surface area contributed by atoms with Crippen molar-refractivity contribution in [3.63, 3.8) is 0 Å². The summed E-state index contributed by atoms with van der Waals surface area (Å²) in [6, 6.07) is -0.545. The highest BCUT2D eigenvalue weighted by molar-refractivity contribution is 5.76. The van der Waals surface area contributed by atoms with E-state index < -0.39 is 12.1 Å². The van der Waals surface area contributed by atoms with Gasteiger partial charge in [0.25, 0.3) is 0 Å². The SMILES string of the molecule is CCCCCCC/C=C\C/C=C\C/C=C\CCCCCCCCC(=O)NC(CO)C(O)CCCCCCCCCCCCCCCCCCCCCCCCCCCCCCCC. The van der Waals surface area contributed by atoms with Crippen molar-refractivity contribution < 1.29 is 15.0 Å². The van der Waals surface area contributed by atoms with E-state index in [9.17, 15) is 15.0 Å². The average Bonchev–Trinajstić information content (AvgIpc) is 3.29. The molecule has 0 rings (SSSR count). The third-order valence-corrected chi connectivity index (χ3v) is 13.4. The number of aliphatic hydroxyl groups excluding tert-OH is 2. The van der Waals surface area contributed by atoms with Gasteiger partial charge in [-0.15, -0.1) is 0 Å². The Morgan fingerprint density at radius 2 is 0.651 bits per heavy atom. The first-order valence-electron chi connectivity index (χ1n) is 28.7. The molecule has 4 nitrogen and oxygen atoms in total. The van der Waals surface area contributed by atoms with E-state index in [0.29, 0.717) is 12.8 Å². The summed E-state index contributed by atoms with van der Waals surface area (Å²) in [5.74, 6) is -0.0400. The number of rotatable bonds is 53. The molecule has 0 aliphatic carbocycles. The molecule has 0 spiro atoms. The molecule has 0 aliphatic heterocycles. The predicted molar refractivity (Wildman–Crippen MR) is 281 cm³/mol. The van der Waals surface area contributed by atoms with Gasteiger partial charge in [0.05, 0.1) is 18.8 Å². The third kappa shape index (κ3) is 51.5. The Hall–Kier alpha value is -1.39. The predicted octanol–water partition coefficient (Wildman–Crippen LogP) is 18.9. The van der Waals surface area contributed by atoms with Crippen LogP contribution in [-0.2, 0) is 4.79 Å². The summed E-state index contributed by atoms with van der Waals surface area (Å²) < 4.78 is 0. The summed E-state index contributed by atoms with van der Waals surface area (Å²) in [6.45, 7) is 4.37. The van der Waals surface area contributed by atoms with E-state index in [0.717, 1.165) is 51.4 Å². The average molecular weight is 885 g/mol. The zero-order valence-electron chi connectivity index (χ0n) is 42.9. The van der Waals surface area contributed by atoms with Gasteiger partial charge in [-0.2, -0.15) is 0 Å². The number of hydrogen-bond acceptors (Lipinski definition) is 3. The van der Waals surface area contributed by atoms with Crippen LogP contribution in [0, 0.1) is 0 Å². The molecule has 372 valence electrons. The van der Waals surface area contributed by atoms with E-state index in [2.05, 4.69) is 55.6 Å². The van der Waals surface area contributed by atoms with Crippen molar-refractivity contribution in [2.45, 2.75) is 328 Å². The Bertz CT molecular complexity index is 958. The summed E-state index contributed by atoms with van der Waals surface area (Å²) in [4.78, 5) is 12.5. The number of nitrogens with one attached hydrogen (secondary N) is 1. The number of aliphatic hydroxyl groups is 2. The summed E-state index contributed by atoms with van der Waals surface area (Å²) >= 11 is 0. The van der Waals surface area contributed by atoms with E-state index in [4.69, 9.17) is 0 Å². The first-order valence-corrected chi connectivity index (χ1v) is 28.7. The molecule has 1 amide bonds. The highest BCUT2D eigenvalue weighted by Gasteiger charge is 2.20. The molecule has 0 aromatic heterocycles. The van der Waals surface area contributed by atoms with Gasteiger partial charge in [0.15, 0.2) is 0 Å². The van der Waals surface area contributed by atoms with Gasteiger partial charge in [0.1, 0.15) is 0 Å². The Morgan fingerprint density at radius 3 is 0.968 bits per heavy atom. The summed E-state index contributed by atoms with van der Waals surface area (Å²) in [6.07, 6.45) is 74.2. The second-order valence-corrected chi connectivity index (χ2v) is 19.7. The van der Waals surface area contributed by atoms with E-state index in [-0.39, 0.29) is 12.5 Å². The summed E-state index contributed by atoms with van der Waals surface area (Å²) in [5.41, 5.74) is 0. The van der Waals surface area contributed by atoms with Crippen molar-refractivity contribution in [2.75, 3.05) is 6.61 Å². The first-order chi connectivity index (χ1) is 31.2. The molecule has 2 unspecified atom stereocenters. The summed E-state index contributed by atoms with van der Waals surface area (Å²) in [5, 5.41) is 23.3. The molecular formula is C59H113NO3. The van der Waals surface area contributed by atoms with Crippen molar-refractivity contribution >= 4 is 5.91 Å². The number of hydrogen-bond donors (Lipinski definition) is 3. The second kappa shape index (κ2) is 54.9. The van der Waals surface area contributed by atoms with Crippen LogP contribution in [0.3, 0.4) is 0 Å². The maximum absolute atomic E-state index is 12.5. The third-order valence-electron chi connectivity index (χ3n) is 13.4. The highest BCUT2D eigenvalue weighted by Crippen LogP contribution is 2.18. The van der Waals surface area contributed by atoms with Crippen molar-refractivity contribution in [1.29, 1.82) is 0 Å². The molecular weight excluding hydrogens is 771 g/mol. The van der Waals surface area contributed by atoms with E-state index in [1.807, 2.05) is 0 Å². The Labute approximate surface area is 395 Å². The van der Waals surface area contributed by atoms with Gasteiger partial charge in [-0.05, 0) is 51.4 Å².